The number of imide groups is 1. The SMILES string of the molecule is CC(C)[C@@H]1CC[C@@H](C)C[C@@H]1OC(=O)c1ccc2c(c1)C(=O)N(c1cccc(Cl)c1Cl)C2=O. The molecule has 2 aromatic carbocycles. The predicted molar refractivity (Wildman–Crippen MR) is 125 cm³/mol. The van der Waals surface area contributed by atoms with Crippen LogP contribution in [-0.4, -0.2) is 23.9 Å². The normalized spacial score (nSPS) is 22.9. The van der Waals surface area contributed by atoms with Crippen LogP contribution in [0.1, 0.15) is 71.1 Å². The summed E-state index contributed by atoms with van der Waals surface area (Å²) in [6.07, 6.45) is 2.84. The lowest BCUT2D eigenvalue weighted by atomic mass is 9.75. The molecule has 2 aromatic rings. The molecule has 0 spiro atoms. The maximum Gasteiger partial charge on any atom is 0.338 e. The van der Waals surface area contributed by atoms with Crippen molar-refractivity contribution in [3.63, 3.8) is 0 Å². The maximum atomic E-state index is 13.1. The van der Waals surface area contributed by atoms with E-state index in [1.807, 2.05) is 0 Å². The first kappa shape index (κ1) is 22.8. The average Bonchev–Trinajstić information content (AvgIpc) is 3.00. The molecule has 32 heavy (non-hydrogen) atoms. The molecule has 0 bridgehead atoms. The first-order chi connectivity index (χ1) is 15.2. The van der Waals surface area contributed by atoms with Gasteiger partial charge in [0.2, 0.25) is 0 Å². The van der Waals surface area contributed by atoms with E-state index in [0.29, 0.717) is 17.8 Å². The number of nitrogens with zero attached hydrogens (tertiary/aromatic N) is 1. The van der Waals surface area contributed by atoms with E-state index in [1.165, 1.54) is 18.2 Å². The number of carbonyl (C=O) groups excluding carboxylic acids is 3. The molecule has 4 rings (SSSR count). The van der Waals surface area contributed by atoms with Gasteiger partial charge in [-0.05, 0) is 60.9 Å². The van der Waals surface area contributed by atoms with Gasteiger partial charge in [0, 0.05) is 0 Å². The lowest BCUT2D eigenvalue weighted by Gasteiger charge is -2.36. The van der Waals surface area contributed by atoms with Crippen LogP contribution in [0.25, 0.3) is 0 Å². The minimum atomic E-state index is -0.546. The second-order valence-corrected chi connectivity index (χ2v) is 9.83. The second kappa shape index (κ2) is 8.87. The van der Waals surface area contributed by atoms with Crippen LogP contribution in [0.2, 0.25) is 10.0 Å². The number of esters is 1. The van der Waals surface area contributed by atoms with Gasteiger partial charge >= 0.3 is 5.97 Å². The highest BCUT2D eigenvalue weighted by Gasteiger charge is 2.39. The van der Waals surface area contributed by atoms with Crippen LogP contribution >= 0.6 is 23.2 Å². The largest absolute Gasteiger partial charge is 0.458 e. The van der Waals surface area contributed by atoms with Gasteiger partial charge in [-0.3, -0.25) is 9.59 Å². The van der Waals surface area contributed by atoms with E-state index in [-0.39, 0.29) is 38.5 Å². The Morgan fingerprint density at radius 1 is 1.06 bits per heavy atom. The number of anilines is 1. The van der Waals surface area contributed by atoms with Crippen LogP contribution in [0.3, 0.4) is 0 Å². The van der Waals surface area contributed by atoms with Crippen LogP contribution < -0.4 is 4.90 Å². The number of hydrogen-bond acceptors (Lipinski definition) is 4. The molecule has 0 saturated heterocycles. The Bertz CT molecular complexity index is 1100. The molecule has 0 radical (unpaired) electrons. The summed E-state index contributed by atoms with van der Waals surface area (Å²) in [7, 11) is 0. The summed E-state index contributed by atoms with van der Waals surface area (Å²) in [6, 6.07) is 9.22. The summed E-state index contributed by atoms with van der Waals surface area (Å²) < 4.78 is 5.90. The van der Waals surface area contributed by atoms with Gasteiger partial charge in [0.1, 0.15) is 6.10 Å². The predicted octanol–water partition coefficient (Wildman–Crippen LogP) is 6.41. The first-order valence-corrected chi connectivity index (χ1v) is 11.6. The summed E-state index contributed by atoms with van der Waals surface area (Å²) in [5, 5.41) is 0.362. The molecule has 0 aromatic heterocycles. The number of amides is 2. The maximum absolute atomic E-state index is 13.1. The molecule has 0 unspecified atom stereocenters. The van der Waals surface area contributed by atoms with Crippen LogP contribution in [0.4, 0.5) is 5.69 Å². The van der Waals surface area contributed by atoms with Crippen molar-refractivity contribution in [2.75, 3.05) is 4.90 Å². The van der Waals surface area contributed by atoms with Crippen molar-refractivity contribution in [2.45, 2.75) is 46.1 Å². The minimum absolute atomic E-state index is 0.120. The van der Waals surface area contributed by atoms with Crippen molar-refractivity contribution in [2.24, 2.45) is 17.8 Å². The topological polar surface area (TPSA) is 63.7 Å². The summed E-state index contributed by atoms with van der Waals surface area (Å²) >= 11 is 12.3. The van der Waals surface area contributed by atoms with Gasteiger partial charge in [0.05, 0.1) is 32.4 Å². The number of ether oxygens (including phenoxy) is 1. The Kier molecular flexibility index (Phi) is 6.33. The van der Waals surface area contributed by atoms with Crippen LogP contribution in [-0.2, 0) is 4.74 Å². The van der Waals surface area contributed by atoms with Gasteiger partial charge < -0.3 is 4.74 Å². The molecule has 2 amide bonds. The van der Waals surface area contributed by atoms with Gasteiger partial charge in [-0.15, -0.1) is 0 Å². The molecular weight excluding hydrogens is 449 g/mol. The Morgan fingerprint density at radius 3 is 2.50 bits per heavy atom. The molecule has 7 heteroatoms. The zero-order chi connectivity index (χ0) is 23.2. The first-order valence-electron chi connectivity index (χ1n) is 10.9. The lowest BCUT2D eigenvalue weighted by molar-refractivity contribution is -0.0174. The van der Waals surface area contributed by atoms with Crippen LogP contribution in [0.5, 0.6) is 0 Å². The Hall–Kier alpha value is -2.37. The summed E-state index contributed by atoms with van der Waals surface area (Å²) in [4.78, 5) is 39.9. The third kappa shape index (κ3) is 4.04. The summed E-state index contributed by atoms with van der Waals surface area (Å²) in [6.45, 7) is 6.47. The fourth-order valence-electron chi connectivity index (χ4n) is 4.71. The highest BCUT2D eigenvalue weighted by Crippen LogP contribution is 2.38. The Morgan fingerprint density at radius 2 is 1.78 bits per heavy atom. The average molecular weight is 474 g/mol. The summed E-state index contributed by atoms with van der Waals surface area (Å²) in [5.41, 5.74) is 0.835. The number of hydrogen-bond donors (Lipinski definition) is 0. The molecular formula is C25H25Cl2NO4. The van der Waals surface area contributed by atoms with Crippen molar-refractivity contribution in [3.8, 4) is 0 Å². The van der Waals surface area contributed by atoms with Gasteiger partial charge in [-0.1, -0.05) is 56.5 Å². The fourth-order valence-corrected chi connectivity index (χ4v) is 5.09. The van der Waals surface area contributed by atoms with E-state index < -0.39 is 17.8 Å². The summed E-state index contributed by atoms with van der Waals surface area (Å²) in [5.74, 6) is -0.302. The smallest absolute Gasteiger partial charge is 0.338 e. The lowest BCUT2D eigenvalue weighted by Crippen LogP contribution is -2.35. The standard InChI is InChI=1S/C25H25Cl2NO4/c1-13(2)16-9-7-14(3)11-21(16)32-25(31)15-8-10-17-18(12-15)24(30)28(23(17)29)20-6-4-5-19(26)22(20)27/h4-6,8,10,12-14,16,21H,7,9,11H2,1-3H3/t14-,16+,21+/m1/s1. The van der Waals surface area contributed by atoms with Crippen molar-refractivity contribution in [3.05, 3.63) is 63.1 Å². The van der Waals surface area contributed by atoms with Gasteiger partial charge in [-0.25, -0.2) is 9.69 Å². The molecule has 3 atom stereocenters. The molecule has 1 heterocycles. The monoisotopic (exact) mass is 473 g/mol. The minimum Gasteiger partial charge on any atom is -0.458 e. The third-order valence-corrected chi connectivity index (χ3v) is 7.32. The third-order valence-electron chi connectivity index (χ3n) is 6.51. The number of benzene rings is 2. The van der Waals surface area contributed by atoms with E-state index >= 15 is 0 Å². The van der Waals surface area contributed by atoms with Gasteiger partial charge in [0.15, 0.2) is 0 Å². The van der Waals surface area contributed by atoms with Crippen molar-refractivity contribution in [1.82, 2.24) is 0 Å². The van der Waals surface area contributed by atoms with Gasteiger partial charge in [-0.2, -0.15) is 0 Å². The second-order valence-electron chi connectivity index (χ2n) is 9.05. The zero-order valence-electron chi connectivity index (χ0n) is 18.2. The molecule has 2 aliphatic rings. The number of halogens is 2. The fraction of sp³-hybridized carbons (Fsp3) is 0.400. The molecule has 1 saturated carbocycles. The van der Waals surface area contributed by atoms with E-state index in [9.17, 15) is 14.4 Å². The highest BCUT2D eigenvalue weighted by molar-refractivity contribution is 6.46. The number of carbonyl (C=O) groups is 3. The molecule has 0 N–H and O–H groups in total. The van der Waals surface area contributed by atoms with E-state index in [1.54, 1.807) is 18.2 Å². The van der Waals surface area contributed by atoms with Crippen LogP contribution in [0.15, 0.2) is 36.4 Å². The molecule has 5 nitrogen and oxygen atoms in total. The van der Waals surface area contributed by atoms with Crippen molar-refractivity contribution < 1.29 is 19.1 Å². The molecule has 1 aliphatic carbocycles. The van der Waals surface area contributed by atoms with E-state index in [0.717, 1.165) is 24.2 Å². The molecule has 1 fully saturated rings. The van der Waals surface area contributed by atoms with E-state index in [2.05, 4.69) is 20.8 Å². The molecule has 168 valence electrons. The highest BCUT2D eigenvalue weighted by atomic mass is 35.5. The van der Waals surface area contributed by atoms with E-state index in [4.69, 9.17) is 27.9 Å². The Labute approximate surface area is 197 Å². The number of fused-ring (bicyclic) bond motifs is 1. The number of rotatable bonds is 4. The zero-order valence-corrected chi connectivity index (χ0v) is 19.7. The van der Waals surface area contributed by atoms with Crippen LogP contribution in [0, 0.1) is 17.8 Å². The van der Waals surface area contributed by atoms with Gasteiger partial charge in [0.25, 0.3) is 11.8 Å². The Balaban J connectivity index is 1.60. The van der Waals surface area contributed by atoms with Crippen molar-refractivity contribution >= 4 is 46.7 Å². The quantitative estimate of drug-likeness (QED) is 0.379. The van der Waals surface area contributed by atoms with Crippen molar-refractivity contribution in [1.29, 1.82) is 0 Å². The molecule has 1 aliphatic heterocycles.